The van der Waals surface area contributed by atoms with E-state index < -0.39 is 8.07 Å². The van der Waals surface area contributed by atoms with E-state index in [1.54, 1.807) is 12.4 Å². The molecule has 6 heteroatoms. The van der Waals surface area contributed by atoms with E-state index in [9.17, 15) is 0 Å². The number of hydrogen-bond acceptors (Lipinski definition) is 3. The maximum Gasteiger partial charge on any atom is 0.140 e. The maximum atomic E-state index is 5.89. The summed E-state index contributed by atoms with van der Waals surface area (Å²) < 4.78 is 8.89. The van der Waals surface area contributed by atoms with Crippen molar-refractivity contribution in [3.63, 3.8) is 0 Å². The number of aromatic nitrogens is 3. The molecule has 126 valence electrons. The summed E-state index contributed by atoms with van der Waals surface area (Å²) in [6.45, 7) is 8.35. The molecular formula is C18H22BrN3OSi. The predicted molar refractivity (Wildman–Crippen MR) is 105 cm³/mol. The van der Waals surface area contributed by atoms with Gasteiger partial charge in [0.1, 0.15) is 12.4 Å². The van der Waals surface area contributed by atoms with Crippen molar-refractivity contribution in [2.45, 2.75) is 32.4 Å². The van der Waals surface area contributed by atoms with Crippen LogP contribution in [0.1, 0.15) is 0 Å². The first-order chi connectivity index (χ1) is 11.4. The Balaban J connectivity index is 1.89. The molecule has 1 aromatic carbocycles. The lowest BCUT2D eigenvalue weighted by atomic mass is 10.1. The fourth-order valence-corrected chi connectivity index (χ4v) is 3.62. The van der Waals surface area contributed by atoms with Gasteiger partial charge in [-0.1, -0.05) is 35.6 Å². The largest absolute Gasteiger partial charge is 0.360 e. The lowest BCUT2D eigenvalue weighted by Gasteiger charge is -2.15. The Kier molecular flexibility index (Phi) is 5.17. The molecule has 24 heavy (non-hydrogen) atoms. The normalized spacial score (nSPS) is 12.0. The van der Waals surface area contributed by atoms with Gasteiger partial charge >= 0.3 is 0 Å². The molecule has 0 radical (unpaired) electrons. The monoisotopic (exact) mass is 403 g/mol. The van der Waals surface area contributed by atoms with Gasteiger partial charge in [0, 0.05) is 42.5 Å². The van der Waals surface area contributed by atoms with Gasteiger partial charge in [-0.15, -0.1) is 0 Å². The number of hydrogen-bond donors (Lipinski definition) is 0. The Morgan fingerprint density at radius 2 is 1.88 bits per heavy atom. The van der Waals surface area contributed by atoms with Gasteiger partial charge < -0.3 is 4.74 Å². The number of ether oxygens (including phenoxy) is 1. The van der Waals surface area contributed by atoms with E-state index >= 15 is 0 Å². The van der Waals surface area contributed by atoms with Crippen LogP contribution in [0.5, 0.6) is 0 Å². The van der Waals surface area contributed by atoms with Gasteiger partial charge in [0.2, 0.25) is 0 Å². The standard InChI is InChI=1S/C18H22BrN3OSi/c1-24(2,3)11-10-23-13-22-17-5-4-15(19)12-16(17)18(21-22)14-6-8-20-9-7-14/h4-9,12H,10-11,13H2,1-3H3. The Bertz CT molecular complexity index is 827. The van der Waals surface area contributed by atoms with Crippen LogP contribution < -0.4 is 0 Å². The third-order valence-electron chi connectivity index (χ3n) is 3.88. The van der Waals surface area contributed by atoms with Crippen LogP contribution in [0.15, 0.2) is 47.2 Å². The summed E-state index contributed by atoms with van der Waals surface area (Å²) in [5.41, 5.74) is 3.11. The quantitative estimate of drug-likeness (QED) is 0.420. The van der Waals surface area contributed by atoms with Crippen LogP contribution in [0.25, 0.3) is 22.2 Å². The third kappa shape index (κ3) is 4.12. The van der Waals surface area contributed by atoms with Crippen LogP contribution in [-0.2, 0) is 11.5 Å². The molecule has 4 nitrogen and oxygen atoms in total. The summed E-state index contributed by atoms with van der Waals surface area (Å²) in [7, 11) is -1.07. The average molecular weight is 404 g/mol. The molecule has 0 bridgehead atoms. The SMILES string of the molecule is C[Si](C)(C)CCOCn1nc(-c2ccncc2)c2cc(Br)ccc21. The Morgan fingerprint density at radius 1 is 1.12 bits per heavy atom. The molecule has 0 aliphatic heterocycles. The van der Waals surface area contributed by atoms with Gasteiger partial charge in [0.25, 0.3) is 0 Å². The van der Waals surface area contributed by atoms with Gasteiger partial charge in [-0.3, -0.25) is 4.98 Å². The minimum absolute atomic E-state index is 0.480. The van der Waals surface area contributed by atoms with Gasteiger partial charge in [-0.2, -0.15) is 5.10 Å². The Labute approximate surface area is 152 Å². The number of benzene rings is 1. The predicted octanol–water partition coefficient (Wildman–Crippen LogP) is 5.17. The summed E-state index contributed by atoms with van der Waals surface area (Å²) >= 11 is 3.56. The molecule has 0 amide bonds. The Morgan fingerprint density at radius 3 is 2.58 bits per heavy atom. The van der Waals surface area contributed by atoms with Crippen molar-refractivity contribution in [1.82, 2.24) is 14.8 Å². The van der Waals surface area contributed by atoms with Crippen LogP contribution >= 0.6 is 15.9 Å². The smallest absolute Gasteiger partial charge is 0.140 e. The van der Waals surface area contributed by atoms with Crippen LogP contribution in [0.3, 0.4) is 0 Å². The van der Waals surface area contributed by atoms with E-state index in [4.69, 9.17) is 9.84 Å². The van der Waals surface area contributed by atoms with Crippen molar-refractivity contribution in [2.24, 2.45) is 0 Å². The molecule has 2 aromatic heterocycles. The van der Waals surface area contributed by atoms with Crippen LogP contribution in [0.2, 0.25) is 25.7 Å². The lowest BCUT2D eigenvalue weighted by molar-refractivity contribution is 0.0818. The van der Waals surface area contributed by atoms with Crippen LogP contribution in [0.4, 0.5) is 0 Å². The van der Waals surface area contributed by atoms with Gasteiger partial charge in [0.15, 0.2) is 0 Å². The lowest BCUT2D eigenvalue weighted by Crippen LogP contribution is -2.22. The minimum atomic E-state index is -1.07. The highest BCUT2D eigenvalue weighted by molar-refractivity contribution is 9.10. The van der Waals surface area contributed by atoms with Gasteiger partial charge in [-0.25, -0.2) is 4.68 Å². The fraction of sp³-hybridized carbons (Fsp3) is 0.333. The molecule has 0 spiro atoms. The molecule has 0 aliphatic rings. The minimum Gasteiger partial charge on any atom is -0.360 e. The molecule has 0 fully saturated rings. The topological polar surface area (TPSA) is 39.9 Å². The molecule has 0 N–H and O–H groups in total. The highest BCUT2D eigenvalue weighted by Gasteiger charge is 2.14. The van der Waals surface area contributed by atoms with E-state index in [0.29, 0.717) is 6.73 Å². The second-order valence-electron chi connectivity index (χ2n) is 7.09. The summed E-state index contributed by atoms with van der Waals surface area (Å²) in [4.78, 5) is 4.09. The second-order valence-corrected chi connectivity index (χ2v) is 13.6. The van der Waals surface area contributed by atoms with E-state index in [1.807, 2.05) is 22.9 Å². The van der Waals surface area contributed by atoms with E-state index in [1.165, 1.54) is 0 Å². The molecule has 0 saturated heterocycles. The van der Waals surface area contributed by atoms with E-state index in [0.717, 1.165) is 39.3 Å². The molecular weight excluding hydrogens is 382 g/mol. The zero-order chi connectivity index (χ0) is 17.2. The first kappa shape index (κ1) is 17.3. The summed E-state index contributed by atoms with van der Waals surface area (Å²) in [6.07, 6.45) is 3.59. The fourth-order valence-electron chi connectivity index (χ4n) is 2.50. The number of nitrogens with zero attached hydrogens (tertiary/aromatic N) is 3. The summed E-state index contributed by atoms with van der Waals surface area (Å²) in [5.74, 6) is 0. The first-order valence-electron chi connectivity index (χ1n) is 8.08. The molecule has 0 atom stereocenters. The van der Waals surface area contributed by atoms with Crippen molar-refractivity contribution in [1.29, 1.82) is 0 Å². The zero-order valence-electron chi connectivity index (χ0n) is 14.3. The van der Waals surface area contributed by atoms with Crippen molar-refractivity contribution < 1.29 is 4.74 Å². The second kappa shape index (κ2) is 7.17. The molecule has 3 aromatic rings. The molecule has 2 heterocycles. The first-order valence-corrected chi connectivity index (χ1v) is 12.6. The average Bonchev–Trinajstić information content (AvgIpc) is 2.89. The highest BCUT2D eigenvalue weighted by atomic mass is 79.9. The van der Waals surface area contributed by atoms with Crippen molar-refractivity contribution in [2.75, 3.05) is 6.61 Å². The number of pyridine rings is 1. The number of halogens is 1. The number of fused-ring (bicyclic) bond motifs is 1. The summed E-state index contributed by atoms with van der Waals surface area (Å²) in [5, 5.41) is 5.90. The van der Waals surface area contributed by atoms with Crippen LogP contribution in [-0.4, -0.2) is 29.4 Å². The third-order valence-corrected chi connectivity index (χ3v) is 6.07. The Hall–Kier alpha value is -1.50. The zero-order valence-corrected chi connectivity index (χ0v) is 16.9. The molecule has 0 aliphatic carbocycles. The van der Waals surface area contributed by atoms with Crippen molar-refractivity contribution in [3.8, 4) is 11.3 Å². The van der Waals surface area contributed by atoms with Gasteiger partial charge in [-0.05, 0) is 36.4 Å². The van der Waals surface area contributed by atoms with Gasteiger partial charge in [0.05, 0.1) is 5.52 Å². The molecule has 3 rings (SSSR count). The van der Waals surface area contributed by atoms with E-state index in [-0.39, 0.29) is 0 Å². The highest BCUT2D eigenvalue weighted by Crippen LogP contribution is 2.30. The summed E-state index contributed by atoms with van der Waals surface area (Å²) in [6, 6.07) is 11.4. The van der Waals surface area contributed by atoms with Crippen molar-refractivity contribution >= 4 is 34.9 Å². The van der Waals surface area contributed by atoms with Crippen molar-refractivity contribution in [3.05, 3.63) is 47.2 Å². The van der Waals surface area contributed by atoms with E-state index in [2.05, 4.69) is 52.7 Å². The maximum absolute atomic E-state index is 5.89. The number of rotatable bonds is 6. The molecule has 0 unspecified atom stereocenters. The van der Waals surface area contributed by atoms with Crippen LogP contribution in [0, 0.1) is 0 Å². The molecule has 0 saturated carbocycles.